The van der Waals surface area contributed by atoms with E-state index >= 15 is 0 Å². The van der Waals surface area contributed by atoms with Gasteiger partial charge in [0.1, 0.15) is 5.01 Å². The minimum absolute atomic E-state index is 0.00811. The van der Waals surface area contributed by atoms with E-state index in [1.54, 1.807) is 17.2 Å². The van der Waals surface area contributed by atoms with Gasteiger partial charge in [-0.1, -0.05) is 42.5 Å². The van der Waals surface area contributed by atoms with Gasteiger partial charge < -0.3 is 9.64 Å². The summed E-state index contributed by atoms with van der Waals surface area (Å²) in [5.74, 6) is -0.499. The van der Waals surface area contributed by atoms with Crippen molar-refractivity contribution in [2.24, 2.45) is 0 Å². The maximum Gasteiger partial charge on any atom is 0.357 e. The monoisotopic (exact) mass is 408 g/mol. The number of nitrogens with zero attached hydrogens (tertiary/aromatic N) is 2. The molecule has 6 heteroatoms. The summed E-state index contributed by atoms with van der Waals surface area (Å²) in [7, 11) is 0. The first-order chi connectivity index (χ1) is 14.0. The van der Waals surface area contributed by atoms with Crippen LogP contribution in [0.3, 0.4) is 0 Å². The van der Waals surface area contributed by atoms with Gasteiger partial charge >= 0.3 is 5.97 Å². The van der Waals surface area contributed by atoms with Crippen LogP contribution in [0.15, 0.2) is 60.0 Å². The Morgan fingerprint density at radius 1 is 1.03 bits per heavy atom. The number of esters is 1. The quantitative estimate of drug-likeness (QED) is 0.514. The summed E-state index contributed by atoms with van der Waals surface area (Å²) in [4.78, 5) is 31.0. The number of benzene rings is 2. The molecule has 29 heavy (non-hydrogen) atoms. The smallest absolute Gasteiger partial charge is 0.357 e. The highest BCUT2D eigenvalue weighted by molar-refractivity contribution is 7.09. The Kier molecular flexibility index (Phi) is 6.77. The van der Waals surface area contributed by atoms with Gasteiger partial charge in [0.05, 0.1) is 13.2 Å². The lowest BCUT2D eigenvalue weighted by Gasteiger charge is -2.26. The summed E-state index contributed by atoms with van der Waals surface area (Å²) in [5.41, 5.74) is 3.09. The van der Waals surface area contributed by atoms with Crippen LogP contribution in [0, 0.1) is 0 Å². The first-order valence-electron chi connectivity index (χ1n) is 9.57. The summed E-state index contributed by atoms with van der Waals surface area (Å²) >= 11 is 1.36. The highest BCUT2D eigenvalue weighted by Gasteiger charge is 2.21. The molecule has 0 aliphatic heterocycles. The highest BCUT2D eigenvalue weighted by Crippen LogP contribution is 2.21. The lowest BCUT2D eigenvalue weighted by atomic mass is 10.0. The molecular formula is C23H24N2O3S. The molecule has 5 nitrogen and oxygen atoms in total. The zero-order chi connectivity index (χ0) is 20.8. The van der Waals surface area contributed by atoms with Gasteiger partial charge in [0.2, 0.25) is 0 Å². The average molecular weight is 409 g/mol. The van der Waals surface area contributed by atoms with Gasteiger partial charge in [0.25, 0.3) is 5.91 Å². The molecule has 1 amide bonds. The van der Waals surface area contributed by atoms with Crippen molar-refractivity contribution in [1.29, 1.82) is 0 Å². The van der Waals surface area contributed by atoms with Crippen molar-refractivity contribution < 1.29 is 14.3 Å². The largest absolute Gasteiger partial charge is 0.461 e. The molecule has 0 atom stereocenters. The zero-order valence-electron chi connectivity index (χ0n) is 16.8. The molecule has 0 aliphatic carbocycles. The molecule has 0 saturated heterocycles. The standard InChI is InChI=1S/C23H24N2O3S/c1-4-28-23(27)20-15-29-21(24-20)14-25(16(2)3)22(26)19-12-10-18(11-13-19)17-8-6-5-7-9-17/h5-13,15-16H,4,14H2,1-3H3. The van der Waals surface area contributed by atoms with E-state index in [9.17, 15) is 9.59 Å². The van der Waals surface area contributed by atoms with Crippen LogP contribution in [-0.4, -0.2) is 34.4 Å². The van der Waals surface area contributed by atoms with E-state index in [2.05, 4.69) is 4.98 Å². The fraction of sp³-hybridized carbons (Fsp3) is 0.261. The van der Waals surface area contributed by atoms with E-state index in [-0.39, 0.29) is 17.6 Å². The molecule has 0 unspecified atom stereocenters. The molecule has 0 fully saturated rings. The van der Waals surface area contributed by atoms with Crippen molar-refractivity contribution in [1.82, 2.24) is 9.88 Å². The second-order valence-corrected chi connectivity index (χ2v) is 7.76. The van der Waals surface area contributed by atoms with Crippen molar-refractivity contribution in [2.45, 2.75) is 33.4 Å². The maximum atomic E-state index is 13.1. The van der Waals surface area contributed by atoms with Crippen LogP contribution in [0.1, 0.15) is 46.6 Å². The van der Waals surface area contributed by atoms with Crippen molar-refractivity contribution >= 4 is 23.2 Å². The Bertz CT molecular complexity index is 965. The third-order valence-corrected chi connectivity index (χ3v) is 5.30. The van der Waals surface area contributed by atoms with Crippen LogP contribution in [0.4, 0.5) is 0 Å². The number of aromatic nitrogens is 1. The number of hydrogen-bond donors (Lipinski definition) is 0. The molecule has 150 valence electrons. The Balaban J connectivity index is 1.75. The van der Waals surface area contributed by atoms with Crippen LogP contribution >= 0.6 is 11.3 Å². The molecular weight excluding hydrogens is 384 g/mol. The van der Waals surface area contributed by atoms with Crippen molar-refractivity contribution in [3.05, 3.63) is 76.2 Å². The molecule has 3 aromatic rings. The molecule has 0 saturated carbocycles. The van der Waals surface area contributed by atoms with E-state index in [1.807, 2.05) is 68.4 Å². The number of carbonyl (C=O) groups excluding carboxylic acids is 2. The molecule has 0 aliphatic rings. The topological polar surface area (TPSA) is 59.5 Å². The Labute approximate surface area is 175 Å². The molecule has 3 rings (SSSR count). The summed E-state index contributed by atoms with van der Waals surface area (Å²) < 4.78 is 4.98. The second-order valence-electron chi connectivity index (χ2n) is 6.82. The van der Waals surface area contributed by atoms with Gasteiger partial charge in [0.15, 0.2) is 5.69 Å². The van der Waals surface area contributed by atoms with Gasteiger partial charge in [-0.15, -0.1) is 11.3 Å². The predicted octanol–water partition coefficient (Wildman–Crippen LogP) is 5.04. The second kappa shape index (κ2) is 9.47. The third kappa shape index (κ3) is 5.09. The maximum absolute atomic E-state index is 13.1. The molecule has 0 spiro atoms. The van der Waals surface area contributed by atoms with Crippen molar-refractivity contribution in [2.75, 3.05) is 6.61 Å². The number of amides is 1. The SMILES string of the molecule is CCOC(=O)c1csc(CN(C(=O)c2ccc(-c3ccccc3)cc2)C(C)C)n1. The first-order valence-corrected chi connectivity index (χ1v) is 10.5. The number of carbonyl (C=O) groups is 2. The number of rotatable bonds is 7. The summed E-state index contributed by atoms with van der Waals surface area (Å²) in [6, 6.07) is 17.7. The van der Waals surface area contributed by atoms with E-state index in [4.69, 9.17) is 4.74 Å². The molecule has 2 aromatic carbocycles. The Morgan fingerprint density at radius 2 is 1.69 bits per heavy atom. The minimum atomic E-state index is -0.436. The van der Waals surface area contributed by atoms with E-state index in [1.165, 1.54) is 11.3 Å². The average Bonchev–Trinajstić information content (AvgIpc) is 3.21. The molecule has 1 heterocycles. The van der Waals surface area contributed by atoms with Gasteiger partial charge in [-0.3, -0.25) is 4.79 Å². The van der Waals surface area contributed by atoms with E-state index in [0.717, 1.165) is 11.1 Å². The van der Waals surface area contributed by atoms with E-state index in [0.29, 0.717) is 23.7 Å². The molecule has 0 radical (unpaired) electrons. The number of hydrogen-bond acceptors (Lipinski definition) is 5. The van der Waals surface area contributed by atoms with Crippen LogP contribution in [0.2, 0.25) is 0 Å². The minimum Gasteiger partial charge on any atom is -0.461 e. The summed E-state index contributed by atoms with van der Waals surface area (Å²) in [6.45, 7) is 6.35. The van der Waals surface area contributed by atoms with Crippen molar-refractivity contribution in [3.8, 4) is 11.1 Å². The van der Waals surface area contributed by atoms with Gasteiger partial charge in [-0.05, 0) is 44.0 Å². The highest BCUT2D eigenvalue weighted by atomic mass is 32.1. The van der Waals surface area contributed by atoms with Crippen LogP contribution < -0.4 is 0 Å². The lowest BCUT2D eigenvalue weighted by molar-refractivity contribution is 0.0520. The van der Waals surface area contributed by atoms with Gasteiger partial charge in [-0.2, -0.15) is 0 Å². The van der Waals surface area contributed by atoms with Crippen LogP contribution in [0.25, 0.3) is 11.1 Å². The third-order valence-electron chi connectivity index (χ3n) is 4.47. The molecule has 0 bridgehead atoms. The summed E-state index contributed by atoms with van der Waals surface area (Å²) in [6.07, 6.45) is 0. The lowest BCUT2D eigenvalue weighted by Crippen LogP contribution is -2.36. The number of thiazole rings is 1. The van der Waals surface area contributed by atoms with Crippen molar-refractivity contribution in [3.63, 3.8) is 0 Å². The molecule has 0 N–H and O–H groups in total. The van der Waals surface area contributed by atoms with Gasteiger partial charge in [-0.25, -0.2) is 9.78 Å². The zero-order valence-corrected chi connectivity index (χ0v) is 17.6. The predicted molar refractivity (Wildman–Crippen MR) is 115 cm³/mol. The van der Waals surface area contributed by atoms with Gasteiger partial charge in [0, 0.05) is 17.0 Å². The first kappa shape index (κ1) is 20.7. The normalized spacial score (nSPS) is 10.8. The fourth-order valence-electron chi connectivity index (χ4n) is 2.92. The van der Waals surface area contributed by atoms with E-state index < -0.39 is 5.97 Å². The molecule has 1 aromatic heterocycles. The Morgan fingerprint density at radius 3 is 2.31 bits per heavy atom. The van der Waals surface area contributed by atoms with Crippen LogP contribution in [0.5, 0.6) is 0 Å². The van der Waals surface area contributed by atoms with Crippen LogP contribution in [-0.2, 0) is 11.3 Å². The fourth-order valence-corrected chi connectivity index (χ4v) is 3.68. The number of ether oxygens (including phenoxy) is 1. The summed E-state index contributed by atoms with van der Waals surface area (Å²) in [5, 5.41) is 2.38. The Hall–Kier alpha value is -2.99.